The van der Waals surface area contributed by atoms with Crippen molar-refractivity contribution in [1.29, 1.82) is 0 Å². The van der Waals surface area contributed by atoms with E-state index in [1.165, 1.54) is 51.4 Å². The first kappa shape index (κ1) is 18.0. The summed E-state index contributed by atoms with van der Waals surface area (Å²) in [6, 6.07) is 0. The average molecular weight is 255 g/mol. The normalized spacial score (nSPS) is 15.3. The summed E-state index contributed by atoms with van der Waals surface area (Å²) in [5, 5.41) is 0. The maximum Gasteiger partial charge on any atom is -0.0414 e. The molecular weight excluding hydrogens is 216 g/mol. The van der Waals surface area contributed by atoms with Gasteiger partial charge in [-0.05, 0) is 30.1 Å². The summed E-state index contributed by atoms with van der Waals surface area (Å²) >= 11 is 0. The van der Waals surface area contributed by atoms with Crippen LogP contribution in [0.25, 0.3) is 0 Å². The van der Waals surface area contributed by atoms with Crippen LogP contribution < -0.4 is 0 Å². The van der Waals surface area contributed by atoms with Crippen molar-refractivity contribution in [3.8, 4) is 0 Å². The molecule has 0 nitrogen and oxygen atoms in total. The van der Waals surface area contributed by atoms with Crippen molar-refractivity contribution in [3.05, 3.63) is 0 Å². The average Bonchev–Trinajstić information content (AvgIpc) is 2.29. The van der Waals surface area contributed by atoms with Gasteiger partial charge in [0.2, 0.25) is 0 Å². The smallest absolute Gasteiger partial charge is 0.0414 e. The maximum absolute atomic E-state index is 2.44. The molecule has 2 unspecified atom stereocenters. The van der Waals surface area contributed by atoms with Gasteiger partial charge in [-0.15, -0.1) is 0 Å². The number of hydrogen-bond acceptors (Lipinski definition) is 0. The Labute approximate surface area is 117 Å². The van der Waals surface area contributed by atoms with Gasteiger partial charge < -0.3 is 0 Å². The Hall–Kier alpha value is 0. The Morgan fingerprint density at radius 2 is 1.28 bits per heavy atom. The molecule has 0 saturated heterocycles. The predicted octanol–water partition coefficient (Wildman–Crippen LogP) is 6.69. The molecule has 0 aliphatic carbocycles. The second-order valence-corrected chi connectivity index (χ2v) is 7.26. The van der Waals surface area contributed by atoms with Crippen LogP contribution in [0.3, 0.4) is 0 Å². The molecule has 0 saturated carbocycles. The fourth-order valence-electron chi connectivity index (χ4n) is 2.84. The van der Waals surface area contributed by atoms with E-state index in [-0.39, 0.29) is 0 Å². The molecule has 0 radical (unpaired) electrons. The lowest BCUT2D eigenvalue weighted by atomic mass is 9.88. The predicted molar refractivity (Wildman–Crippen MR) is 84.9 cm³/mol. The van der Waals surface area contributed by atoms with Crippen molar-refractivity contribution >= 4 is 0 Å². The summed E-state index contributed by atoms with van der Waals surface area (Å²) in [4.78, 5) is 0. The number of unbranched alkanes of at least 4 members (excludes halogenated alkanes) is 1. The molecule has 0 aromatic heterocycles. The minimum absolute atomic E-state index is 0.875. The molecule has 0 aliphatic rings. The molecule has 0 fully saturated rings. The lowest BCUT2D eigenvalue weighted by Gasteiger charge is -2.18. The highest BCUT2D eigenvalue weighted by Crippen LogP contribution is 2.23. The number of rotatable bonds is 11. The Bertz CT molecular complexity index is 169. The monoisotopic (exact) mass is 254 g/mol. The first-order chi connectivity index (χ1) is 8.45. The largest absolute Gasteiger partial charge is 0.0651 e. The van der Waals surface area contributed by atoms with Gasteiger partial charge in [0.05, 0.1) is 0 Å². The van der Waals surface area contributed by atoms with Gasteiger partial charge in [-0.3, -0.25) is 0 Å². The maximum atomic E-state index is 2.44. The van der Waals surface area contributed by atoms with Gasteiger partial charge in [0.15, 0.2) is 0 Å². The highest BCUT2D eigenvalue weighted by Gasteiger charge is 2.09. The van der Waals surface area contributed by atoms with E-state index in [1.807, 2.05) is 0 Å². The van der Waals surface area contributed by atoms with E-state index in [0.717, 1.165) is 23.7 Å². The van der Waals surface area contributed by atoms with Crippen molar-refractivity contribution in [1.82, 2.24) is 0 Å². The second kappa shape index (κ2) is 10.9. The first-order valence-electron chi connectivity index (χ1n) is 8.45. The van der Waals surface area contributed by atoms with Gasteiger partial charge in [0.1, 0.15) is 0 Å². The van der Waals surface area contributed by atoms with Crippen LogP contribution >= 0.6 is 0 Å². The zero-order valence-electron chi connectivity index (χ0n) is 14.0. The molecular formula is C18H38. The molecule has 0 aromatic carbocycles. The fourth-order valence-corrected chi connectivity index (χ4v) is 2.84. The molecule has 0 spiro atoms. The minimum atomic E-state index is 0.875. The van der Waals surface area contributed by atoms with E-state index >= 15 is 0 Å². The van der Waals surface area contributed by atoms with E-state index in [1.54, 1.807) is 0 Å². The molecule has 110 valence electrons. The van der Waals surface area contributed by atoms with E-state index in [2.05, 4.69) is 41.5 Å². The summed E-state index contributed by atoms with van der Waals surface area (Å²) in [5.74, 6) is 3.68. The third kappa shape index (κ3) is 11.1. The van der Waals surface area contributed by atoms with Crippen LogP contribution in [0, 0.1) is 23.7 Å². The van der Waals surface area contributed by atoms with Crippen molar-refractivity contribution < 1.29 is 0 Å². The SMILES string of the molecule is CCC(CCCCC(C)CCC(C)C)CC(C)C. The Morgan fingerprint density at radius 3 is 1.78 bits per heavy atom. The zero-order valence-corrected chi connectivity index (χ0v) is 14.0. The standard InChI is InChI=1S/C18H38/c1-7-18(14-16(4)5)11-9-8-10-17(6)13-12-15(2)3/h15-18H,7-14H2,1-6H3. The molecule has 0 aromatic rings. The van der Waals surface area contributed by atoms with Crippen LogP contribution in [0.4, 0.5) is 0 Å². The quantitative estimate of drug-likeness (QED) is 0.360. The third-order valence-electron chi connectivity index (χ3n) is 4.18. The Kier molecular flexibility index (Phi) is 10.9. The second-order valence-electron chi connectivity index (χ2n) is 7.26. The van der Waals surface area contributed by atoms with Crippen LogP contribution in [0.1, 0.15) is 92.9 Å². The van der Waals surface area contributed by atoms with Crippen LogP contribution in [-0.4, -0.2) is 0 Å². The molecule has 2 atom stereocenters. The highest BCUT2D eigenvalue weighted by molar-refractivity contribution is 4.62. The molecule has 0 N–H and O–H groups in total. The van der Waals surface area contributed by atoms with E-state index < -0.39 is 0 Å². The third-order valence-corrected chi connectivity index (χ3v) is 4.18. The van der Waals surface area contributed by atoms with E-state index in [4.69, 9.17) is 0 Å². The molecule has 0 heteroatoms. The van der Waals surface area contributed by atoms with Gasteiger partial charge in [0.25, 0.3) is 0 Å². The van der Waals surface area contributed by atoms with E-state index in [0.29, 0.717) is 0 Å². The minimum Gasteiger partial charge on any atom is -0.0651 e. The molecule has 18 heavy (non-hydrogen) atoms. The van der Waals surface area contributed by atoms with Gasteiger partial charge in [0, 0.05) is 0 Å². The molecule has 0 heterocycles. The number of hydrogen-bond donors (Lipinski definition) is 0. The zero-order chi connectivity index (χ0) is 14.0. The lowest BCUT2D eigenvalue weighted by Crippen LogP contribution is -2.04. The van der Waals surface area contributed by atoms with Gasteiger partial charge >= 0.3 is 0 Å². The molecule has 0 aliphatic heterocycles. The van der Waals surface area contributed by atoms with Crippen molar-refractivity contribution in [2.75, 3.05) is 0 Å². The highest BCUT2D eigenvalue weighted by atomic mass is 14.2. The summed E-state index contributed by atoms with van der Waals surface area (Å²) in [6.45, 7) is 14.2. The first-order valence-corrected chi connectivity index (χ1v) is 8.45. The van der Waals surface area contributed by atoms with Crippen molar-refractivity contribution in [3.63, 3.8) is 0 Å². The topological polar surface area (TPSA) is 0 Å². The summed E-state index contributed by atoms with van der Waals surface area (Å²) in [7, 11) is 0. The molecule has 0 bridgehead atoms. The summed E-state index contributed by atoms with van der Waals surface area (Å²) < 4.78 is 0. The van der Waals surface area contributed by atoms with Gasteiger partial charge in [-0.2, -0.15) is 0 Å². The summed E-state index contributed by atoms with van der Waals surface area (Å²) in [5.41, 5.74) is 0. The lowest BCUT2D eigenvalue weighted by molar-refractivity contribution is 0.350. The Morgan fingerprint density at radius 1 is 0.667 bits per heavy atom. The summed E-state index contributed by atoms with van der Waals surface area (Å²) in [6.07, 6.45) is 11.5. The fraction of sp³-hybridized carbons (Fsp3) is 1.00. The molecule has 0 amide bonds. The van der Waals surface area contributed by atoms with Crippen LogP contribution in [0.15, 0.2) is 0 Å². The van der Waals surface area contributed by atoms with Gasteiger partial charge in [-0.25, -0.2) is 0 Å². The molecule has 0 rings (SSSR count). The van der Waals surface area contributed by atoms with Crippen molar-refractivity contribution in [2.45, 2.75) is 92.9 Å². The van der Waals surface area contributed by atoms with Crippen LogP contribution in [0.2, 0.25) is 0 Å². The van der Waals surface area contributed by atoms with Crippen molar-refractivity contribution in [2.24, 2.45) is 23.7 Å². The Balaban J connectivity index is 3.52. The van der Waals surface area contributed by atoms with Gasteiger partial charge in [-0.1, -0.05) is 86.5 Å². The van der Waals surface area contributed by atoms with Crippen LogP contribution in [0.5, 0.6) is 0 Å². The van der Waals surface area contributed by atoms with Crippen LogP contribution in [-0.2, 0) is 0 Å². The van der Waals surface area contributed by atoms with E-state index in [9.17, 15) is 0 Å².